The molecule has 23 heavy (non-hydrogen) atoms. The van der Waals surface area contributed by atoms with E-state index in [4.69, 9.17) is 4.74 Å². The average molecular weight is 320 g/mol. The molecule has 2 rings (SSSR count). The van der Waals surface area contributed by atoms with Crippen LogP contribution < -0.4 is 0 Å². The fourth-order valence-electron chi connectivity index (χ4n) is 3.40. The summed E-state index contributed by atoms with van der Waals surface area (Å²) in [5, 5.41) is 10.4. The van der Waals surface area contributed by atoms with E-state index >= 15 is 0 Å². The maximum Gasteiger partial charge on any atom is 0.0793 e. The van der Waals surface area contributed by atoms with Crippen LogP contribution in [0.15, 0.2) is 30.3 Å². The van der Waals surface area contributed by atoms with E-state index in [0.717, 1.165) is 45.7 Å². The molecule has 3 unspecified atom stereocenters. The molecule has 0 radical (unpaired) electrons. The van der Waals surface area contributed by atoms with Crippen molar-refractivity contribution in [1.29, 1.82) is 0 Å². The Balaban J connectivity index is 1.74. The molecule has 0 amide bonds. The smallest absolute Gasteiger partial charge is 0.0793 e. The molecule has 1 saturated heterocycles. The second-order valence-corrected chi connectivity index (χ2v) is 6.76. The summed E-state index contributed by atoms with van der Waals surface area (Å²) in [7, 11) is 0. The van der Waals surface area contributed by atoms with Gasteiger partial charge in [-0.2, -0.15) is 0 Å². The molecule has 1 fully saturated rings. The van der Waals surface area contributed by atoms with E-state index < -0.39 is 0 Å². The van der Waals surface area contributed by atoms with E-state index in [-0.39, 0.29) is 18.3 Å². The normalized spacial score (nSPS) is 24.0. The van der Waals surface area contributed by atoms with E-state index in [0.29, 0.717) is 0 Å². The Morgan fingerprint density at radius 1 is 1.22 bits per heavy atom. The Labute approximate surface area is 141 Å². The molecule has 0 aliphatic carbocycles. The van der Waals surface area contributed by atoms with Crippen molar-refractivity contribution in [2.24, 2.45) is 0 Å². The van der Waals surface area contributed by atoms with Crippen LogP contribution in [0.5, 0.6) is 0 Å². The second-order valence-electron chi connectivity index (χ2n) is 6.76. The molecule has 1 aromatic carbocycles. The highest BCUT2D eigenvalue weighted by atomic mass is 16.5. The van der Waals surface area contributed by atoms with Gasteiger partial charge in [0.25, 0.3) is 0 Å². The van der Waals surface area contributed by atoms with Crippen LogP contribution in [-0.4, -0.2) is 72.5 Å². The summed E-state index contributed by atoms with van der Waals surface area (Å²) in [5.74, 6) is 0. The minimum Gasteiger partial charge on any atom is -0.390 e. The van der Waals surface area contributed by atoms with Gasteiger partial charge in [-0.05, 0) is 32.4 Å². The number of likely N-dealkylation sites (N-methyl/N-ethyl adjacent to an activating group) is 1. The van der Waals surface area contributed by atoms with E-state index in [1.807, 2.05) is 0 Å². The van der Waals surface area contributed by atoms with Gasteiger partial charge in [0.1, 0.15) is 0 Å². The van der Waals surface area contributed by atoms with Crippen molar-refractivity contribution in [1.82, 2.24) is 9.80 Å². The van der Waals surface area contributed by atoms with Crippen molar-refractivity contribution < 1.29 is 9.84 Å². The third-order valence-electron chi connectivity index (χ3n) is 4.44. The molecular weight excluding hydrogens is 288 g/mol. The zero-order valence-corrected chi connectivity index (χ0v) is 14.8. The van der Waals surface area contributed by atoms with Crippen LogP contribution in [0.25, 0.3) is 0 Å². The number of hydrogen-bond donors (Lipinski definition) is 1. The Hall–Kier alpha value is -0.940. The highest BCUT2D eigenvalue weighted by Crippen LogP contribution is 2.11. The van der Waals surface area contributed by atoms with Crippen molar-refractivity contribution >= 4 is 0 Å². The zero-order valence-electron chi connectivity index (χ0n) is 14.8. The molecule has 1 aliphatic rings. The molecular formula is C19H32N2O2. The molecule has 1 aromatic rings. The maximum absolute atomic E-state index is 10.4. The number of hydrogen-bond acceptors (Lipinski definition) is 4. The van der Waals surface area contributed by atoms with Gasteiger partial charge in [0, 0.05) is 32.7 Å². The first kappa shape index (κ1) is 18.4. The maximum atomic E-state index is 10.4. The number of aliphatic hydroxyl groups is 1. The molecule has 3 atom stereocenters. The number of β-amino-alcohol motifs (C(OH)–C–C–N with tert-alkyl or cyclic N) is 1. The highest BCUT2D eigenvalue weighted by molar-refractivity contribution is 5.14. The minimum atomic E-state index is -0.303. The first-order valence-corrected chi connectivity index (χ1v) is 8.89. The first-order valence-electron chi connectivity index (χ1n) is 8.89. The van der Waals surface area contributed by atoms with Crippen LogP contribution >= 0.6 is 0 Å². The van der Waals surface area contributed by atoms with E-state index in [1.54, 1.807) is 0 Å². The summed E-state index contributed by atoms with van der Waals surface area (Å²) < 4.78 is 5.75. The van der Waals surface area contributed by atoms with Gasteiger partial charge in [0.2, 0.25) is 0 Å². The van der Waals surface area contributed by atoms with Gasteiger partial charge < -0.3 is 14.7 Å². The van der Waals surface area contributed by atoms with Gasteiger partial charge in [0.15, 0.2) is 0 Å². The minimum absolute atomic E-state index is 0.256. The number of rotatable bonds is 8. The monoisotopic (exact) mass is 320 g/mol. The molecule has 4 heteroatoms. The number of morpholine rings is 1. The molecule has 0 aromatic heterocycles. The number of nitrogens with zero attached hydrogens (tertiary/aromatic N) is 2. The lowest BCUT2D eigenvalue weighted by molar-refractivity contribution is -0.0779. The van der Waals surface area contributed by atoms with E-state index in [2.05, 4.69) is 60.9 Å². The SMILES string of the molecule is CCN(CCc1ccccc1)CC(O)CN1CC(C)OC(C)C1. The van der Waals surface area contributed by atoms with Crippen LogP contribution in [0.3, 0.4) is 0 Å². The fourth-order valence-corrected chi connectivity index (χ4v) is 3.40. The fraction of sp³-hybridized carbons (Fsp3) is 0.684. The lowest BCUT2D eigenvalue weighted by atomic mass is 10.1. The average Bonchev–Trinajstić information content (AvgIpc) is 2.51. The van der Waals surface area contributed by atoms with Gasteiger partial charge in [-0.15, -0.1) is 0 Å². The topological polar surface area (TPSA) is 35.9 Å². The molecule has 1 N–H and O–H groups in total. The number of benzene rings is 1. The Kier molecular flexibility index (Phi) is 7.50. The Morgan fingerprint density at radius 3 is 2.48 bits per heavy atom. The van der Waals surface area contributed by atoms with Gasteiger partial charge >= 0.3 is 0 Å². The lowest BCUT2D eigenvalue weighted by Crippen LogP contribution is -2.49. The standard InChI is InChI=1S/C19H32N2O2/c1-4-20(11-10-18-8-6-5-7-9-18)14-19(22)15-21-12-16(2)23-17(3)13-21/h5-9,16-17,19,22H,4,10-15H2,1-3H3. The predicted molar refractivity (Wildman–Crippen MR) is 94.7 cm³/mol. The molecule has 4 nitrogen and oxygen atoms in total. The van der Waals surface area contributed by atoms with Crippen LogP contribution in [-0.2, 0) is 11.2 Å². The van der Waals surface area contributed by atoms with Crippen LogP contribution in [0.4, 0.5) is 0 Å². The van der Waals surface area contributed by atoms with Crippen LogP contribution in [0, 0.1) is 0 Å². The second kappa shape index (κ2) is 9.38. The molecule has 0 bridgehead atoms. The van der Waals surface area contributed by atoms with E-state index in [9.17, 15) is 5.11 Å². The van der Waals surface area contributed by atoms with Crippen molar-refractivity contribution in [3.8, 4) is 0 Å². The number of aliphatic hydroxyl groups excluding tert-OH is 1. The Morgan fingerprint density at radius 2 is 1.87 bits per heavy atom. The largest absolute Gasteiger partial charge is 0.390 e. The lowest BCUT2D eigenvalue weighted by Gasteiger charge is -2.37. The van der Waals surface area contributed by atoms with Crippen LogP contribution in [0.2, 0.25) is 0 Å². The van der Waals surface area contributed by atoms with E-state index in [1.165, 1.54) is 5.56 Å². The van der Waals surface area contributed by atoms with Crippen LogP contribution in [0.1, 0.15) is 26.3 Å². The third-order valence-corrected chi connectivity index (χ3v) is 4.44. The summed E-state index contributed by atoms with van der Waals surface area (Å²) in [6.07, 6.45) is 1.24. The molecule has 1 aliphatic heterocycles. The molecule has 130 valence electrons. The predicted octanol–water partition coefficient (Wildman–Crippen LogP) is 2.02. The quantitative estimate of drug-likeness (QED) is 0.795. The van der Waals surface area contributed by atoms with Gasteiger partial charge in [0.05, 0.1) is 18.3 Å². The summed E-state index contributed by atoms with van der Waals surface area (Å²) in [6, 6.07) is 10.6. The van der Waals surface area contributed by atoms with Crippen molar-refractivity contribution in [2.45, 2.75) is 45.5 Å². The third kappa shape index (κ3) is 6.60. The zero-order chi connectivity index (χ0) is 16.7. The Bertz CT molecular complexity index is 430. The summed E-state index contributed by atoms with van der Waals surface area (Å²) in [4.78, 5) is 4.67. The molecule has 1 heterocycles. The summed E-state index contributed by atoms with van der Waals surface area (Å²) >= 11 is 0. The number of ether oxygens (including phenoxy) is 1. The van der Waals surface area contributed by atoms with Crippen molar-refractivity contribution in [2.75, 3.05) is 39.3 Å². The van der Waals surface area contributed by atoms with Crippen molar-refractivity contribution in [3.05, 3.63) is 35.9 Å². The highest BCUT2D eigenvalue weighted by Gasteiger charge is 2.24. The summed E-state index contributed by atoms with van der Waals surface area (Å²) in [5.41, 5.74) is 1.36. The van der Waals surface area contributed by atoms with Gasteiger partial charge in [-0.1, -0.05) is 37.3 Å². The molecule has 0 saturated carbocycles. The first-order chi connectivity index (χ1) is 11.1. The van der Waals surface area contributed by atoms with Gasteiger partial charge in [-0.3, -0.25) is 4.90 Å². The van der Waals surface area contributed by atoms with Gasteiger partial charge in [-0.25, -0.2) is 0 Å². The van der Waals surface area contributed by atoms with Crippen molar-refractivity contribution in [3.63, 3.8) is 0 Å². The molecule has 0 spiro atoms. The summed E-state index contributed by atoms with van der Waals surface area (Å²) in [6.45, 7) is 11.6.